The van der Waals surface area contributed by atoms with Gasteiger partial charge in [-0.15, -0.1) is 0 Å². The molecule has 1 fully saturated rings. The van der Waals surface area contributed by atoms with Gasteiger partial charge < -0.3 is 5.73 Å². The van der Waals surface area contributed by atoms with Crippen LogP contribution >= 0.6 is 11.6 Å². The fourth-order valence-corrected chi connectivity index (χ4v) is 1.32. The second kappa shape index (κ2) is 3.03. The first-order valence-corrected chi connectivity index (χ1v) is 4.56. The summed E-state index contributed by atoms with van der Waals surface area (Å²) in [6, 6.07) is 0. The van der Waals surface area contributed by atoms with Crippen LogP contribution in [-0.4, -0.2) is 9.55 Å². The Morgan fingerprint density at radius 2 is 2.38 bits per heavy atom. The minimum Gasteiger partial charge on any atom is -0.392 e. The molecular formula is C8H10ClN3O. The number of anilines is 1. The quantitative estimate of drug-likeness (QED) is 0.720. The average molecular weight is 200 g/mol. The van der Waals surface area contributed by atoms with Crippen molar-refractivity contribution in [3.05, 3.63) is 21.8 Å². The Labute approximate surface area is 80.3 Å². The molecule has 13 heavy (non-hydrogen) atoms. The maximum Gasteiger partial charge on any atom is 0.278 e. The molecule has 0 unspecified atom stereocenters. The molecule has 0 radical (unpaired) electrons. The molecule has 1 saturated carbocycles. The molecule has 2 rings (SSSR count). The average Bonchev–Trinajstić information content (AvgIpc) is 2.90. The van der Waals surface area contributed by atoms with Gasteiger partial charge in [-0.1, -0.05) is 11.6 Å². The molecule has 5 heteroatoms. The Kier molecular flexibility index (Phi) is 2.00. The monoisotopic (exact) mass is 199 g/mol. The zero-order chi connectivity index (χ0) is 9.42. The molecule has 1 heterocycles. The van der Waals surface area contributed by atoms with E-state index in [0.717, 1.165) is 0 Å². The van der Waals surface area contributed by atoms with Gasteiger partial charge in [0.1, 0.15) is 5.69 Å². The summed E-state index contributed by atoms with van der Waals surface area (Å²) < 4.78 is 1.53. The summed E-state index contributed by atoms with van der Waals surface area (Å²) in [7, 11) is 0. The number of hydrogen-bond acceptors (Lipinski definition) is 3. The molecule has 1 aromatic rings. The molecule has 4 nitrogen and oxygen atoms in total. The second-order valence-corrected chi connectivity index (χ2v) is 3.71. The van der Waals surface area contributed by atoms with Crippen LogP contribution in [0.4, 0.5) is 5.69 Å². The Balaban J connectivity index is 2.35. The standard InChI is InChI=1S/C8H10ClN3O/c9-7-6(10)8(13)12(4-11-7)3-5-1-2-5/h4-5H,1-3,10H2. The van der Waals surface area contributed by atoms with Crippen molar-refractivity contribution in [3.63, 3.8) is 0 Å². The van der Waals surface area contributed by atoms with Crippen LogP contribution in [0.2, 0.25) is 5.15 Å². The van der Waals surface area contributed by atoms with Crippen LogP contribution in [0.15, 0.2) is 11.1 Å². The maximum absolute atomic E-state index is 11.5. The van der Waals surface area contributed by atoms with Gasteiger partial charge in [0.2, 0.25) is 0 Å². The highest BCUT2D eigenvalue weighted by atomic mass is 35.5. The highest BCUT2D eigenvalue weighted by molar-refractivity contribution is 6.31. The van der Waals surface area contributed by atoms with Gasteiger partial charge in [-0.3, -0.25) is 9.36 Å². The van der Waals surface area contributed by atoms with Crippen LogP contribution in [0, 0.1) is 5.92 Å². The van der Waals surface area contributed by atoms with E-state index in [1.54, 1.807) is 0 Å². The zero-order valence-corrected chi connectivity index (χ0v) is 7.79. The molecule has 1 aromatic heterocycles. The van der Waals surface area contributed by atoms with Crippen LogP contribution in [-0.2, 0) is 6.54 Å². The number of rotatable bonds is 2. The summed E-state index contributed by atoms with van der Waals surface area (Å²) in [5, 5.41) is 0.0945. The van der Waals surface area contributed by atoms with Crippen LogP contribution < -0.4 is 11.3 Å². The van der Waals surface area contributed by atoms with E-state index in [1.165, 1.54) is 23.7 Å². The van der Waals surface area contributed by atoms with E-state index in [2.05, 4.69) is 4.98 Å². The van der Waals surface area contributed by atoms with E-state index in [9.17, 15) is 4.79 Å². The van der Waals surface area contributed by atoms with E-state index in [1.807, 2.05) is 0 Å². The lowest BCUT2D eigenvalue weighted by atomic mass is 10.4. The molecule has 1 aliphatic carbocycles. The third kappa shape index (κ3) is 1.67. The van der Waals surface area contributed by atoms with E-state index >= 15 is 0 Å². The minimum atomic E-state index is -0.230. The zero-order valence-electron chi connectivity index (χ0n) is 7.03. The first-order chi connectivity index (χ1) is 6.18. The highest BCUT2D eigenvalue weighted by Crippen LogP contribution is 2.30. The molecule has 0 amide bonds. The van der Waals surface area contributed by atoms with Gasteiger partial charge in [0.25, 0.3) is 5.56 Å². The fourth-order valence-electron chi connectivity index (χ4n) is 1.19. The first kappa shape index (κ1) is 8.56. The van der Waals surface area contributed by atoms with Gasteiger partial charge in [0.05, 0.1) is 6.33 Å². The maximum atomic E-state index is 11.5. The Morgan fingerprint density at radius 1 is 1.69 bits per heavy atom. The summed E-state index contributed by atoms with van der Waals surface area (Å²) in [5.74, 6) is 0.625. The third-order valence-electron chi connectivity index (χ3n) is 2.18. The summed E-state index contributed by atoms with van der Waals surface area (Å²) in [4.78, 5) is 15.3. The predicted octanol–water partition coefficient (Wildman–Crippen LogP) is 0.889. The Hall–Kier alpha value is -1.03. The van der Waals surface area contributed by atoms with Crippen molar-refractivity contribution >= 4 is 17.3 Å². The lowest BCUT2D eigenvalue weighted by molar-refractivity contribution is 0.598. The lowest BCUT2D eigenvalue weighted by Crippen LogP contribution is -2.24. The molecule has 2 N–H and O–H groups in total. The van der Waals surface area contributed by atoms with Gasteiger partial charge in [-0.25, -0.2) is 4.98 Å². The highest BCUT2D eigenvalue weighted by Gasteiger charge is 2.22. The van der Waals surface area contributed by atoms with Crippen molar-refractivity contribution in [1.29, 1.82) is 0 Å². The number of aromatic nitrogens is 2. The smallest absolute Gasteiger partial charge is 0.278 e. The van der Waals surface area contributed by atoms with Crippen molar-refractivity contribution in [2.75, 3.05) is 5.73 Å². The number of halogens is 1. The van der Waals surface area contributed by atoms with Crippen molar-refractivity contribution in [3.8, 4) is 0 Å². The van der Waals surface area contributed by atoms with Crippen LogP contribution in [0.1, 0.15) is 12.8 Å². The molecule has 0 spiro atoms. The van der Waals surface area contributed by atoms with Crippen molar-refractivity contribution < 1.29 is 0 Å². The fraction of sp³-hybridized carbons (Fsp3) is 0.500. The Bertz CT molecular complexity index is 383. The first-order valence-electron chi connectivity index (χ1n) is 4.19. The molecule has 0 saturated heterocycles. The van der Waals surface area contributed by atoms with Crippen molar-refractivity contribution in [2.45, 2.75) is 19.4 Å². The predicted molar refractivity (Wildman–Crippen MR) is 50.6 cm³/mol. The Morgan fingerprint density at radius 3 is 3.00 bits per heavy atom. The van der Waals surface area contributed by atoms with Crippen molar-refractivity contribution in [2.24, 2.45) is 5.92 Å². The third-order valence-corrected chi connectivity index (χ3v) is 2.48. The molecule has 0 bridgehead atoms. The minimum absolute atomic E-state index is 0.0461. The van der Waals surface area contributed by atoms with E-state index in [4.69, 9.17) is 17.3 Å². The summed E-state index contributed by atoms with van der Waals surface area (Å²) >= 11 is 5.59. The summed E-state index contributed by atoms with van der Waals surface area (Å²) in [6.07, 6.45) is 3.84. The topological polar surface area (TPSA) is 60.9 Å². The van der Waals surface area contributed by atoms with Gasteiger partial charge in [0, 0.05) is 6.54 Å². The largest absolute Gasteiger partial charge is 0.392 e. The molecule has 70 valence electrons. The second-order valence-electron chi connectivity index (χ2n) is 3.35. The number of nitrogens with two attached hydrogens (primary N) is 1. The van der Waals surface area contributed by atoms with Crippen LogP contribution in [0.25, 0.3) is 0 Å². The van der Waals surface area contributed by atoms with Gasteiger partial charge >= 0.3 is 0 Å². The van der Waals surface area contributed by atoms with E-state index in [-0.39, 0.29) is 16.4 Å². The van der Waals surface area contributed by atoms with Gasteiger partial charge in [0.15, 0.2) is 5.15 Å². The van der Waals surface area contributed by atoms with E-state index < -0.39 is 0 Å². The SMILES string of the molecule is Nc1c(Cl)ncn(CC2CC2)c1=O. The lowest BCUT2D eigenvalue weighted by Gasteiger charge is -2.04. The number of hydrogen-bond donors (Lipinski definition) is 1. The number of nitrogen functional groups attached to an aromatic ring is 1. The molecule has 0 aliphatic heterocycles. The van der Waals surface area contributed by atoms with E-state index in [0.29, 0.717) is 12.5 Å². The van der Waals surface area contributed by atoms with Crippen LogP contribution in [0.5, 0.6) is 0 Å². The normalized spacial score (nSPS) is 16.1. The van der Waals surface area contributed by atoms with Crippen molar-refractivity contribution in [1.82, 2.24) is 9.55 Å². The number of nitrogens with zero attached hydrogens (tertiary/aromatic N) is 2. The summed E-state index contributed by atoms with van der Waals surface area (Å²) in [5.41, 5.74) is 5.27. The van der Waals surface area contributed by atoms with Gasteiger partial charge in [-0.2, -0.15) is 0 Å². The molecular weight excluding hydrogens is 190 g/mol. The van der Waals surface area contributed by atoms with Crippen LogP contribution in [0.3, 0.4) is 0 Å². The van der Waals surface area contributed by atoms with Gasteiger partial charge in [-0.05, 0) is 18.8 Å². The molecule has 0 atom stereocenters. The molecule has 0 aromatic carbocycles. The summed E-state index contributed by atoms with van der Waals surface area (Å²) in [6.45, 7) is 0.715. The molecule has 1 aliphatic rings.